The predicted octanol–water partition coefficient (Wildman–Crippen LogP) is 2.55. The number of carbonyl (C=O) groups is 2. The monoisotopic (exact) mass is 407 g/mol. The molecule has 2 aromatic rings. The number of hydrogen-bond donors (Lipinski definition) is 2. The van der Waals surface area contributed by atoms with Crippen molar-refractivity contribution in [2.24, 2.45) is 7.05 Å². The third-order valence-corrected chi connectivity index (χ3v) is 5.85. The third-order valence-electron chi connectivity index (χ3n) is 4.50. The fraction of sp³-hybridized carbons (Fsp3) is 0.444. The Morgan fingerprint density at radius 1 is 1.26 bits per heavy atom. The van der Waals surface area contributed by atoms with Crippen LogP contribution in [0.25, 0.3) is 0 Å². The van der Waals surface area contributed by atoms with Gasteiger partial charge in [-0.25, -0.2) is 0 Å². The Labute approximate surface area is 167 Å². The highest BCUT2D eigenvalue weighted by molar-refractivity contribution is 7.99. The van der Waals surface area contributed by atoms with Crippen LogP contribution >= 0.6 is 23.4 Å². The summed E-state index contributed by atoms with van der Waals surface area (Å²) in [6, 6.07) is 7.18. The molecule has 0 atom stereocenters. The van der Waals surface area contributed by atoms with Gasteiger partial charge in [-0.2, -0.15) is 0 Å². The second kappa shape index (κ2) is 9.23. The molecule has 0 unspecified atom stereocenters. The molecule has 144 valence electrons. The van der Waals surface area contributed by atoms with Gasteiger partial charge in [0, 0.05) is 13.1 Å². The molecular formula is C18H22ClN5O2S. The molecule has 9 heteroatoms. The molecule has 1 saturated carbocycles. The molecule has 1 aromatic heterocycles. The van der Waals surface area contributed by atoms with Crippen LogP contribution in [-0.4, -0.2) is 38.4 Å². The van der Waals surface area contributed by atoms with E-state index in [-0.39, 0.29) is 18.4 Å². The number of rotatable bonds is 7. The Bertz CT molecular complexity index is 820. The van der Waals surface area contributed by atoms with Crippen LogP contribution in [0, 0.1) is 0 Å². The molecule has 3 rings (SSSR count). The fourth-order valence-corrected chi connectivity index (χ4v) is 3.96. The first-order chi connectivity index (χ1) is 13.0. The zero-order valence-electron chi connectivity index (χ0n) is 15.1. The normalized spacial score (nSPS) is 14.3. The van der Waals surface area contributed by atoms with Gasteiger partial charge < -0.3 is 15.2 Å². The van der Waals surface area contributed by atoms with Crippen molar-refractivity contribution in [2.75, 3.05) is 5.75 Å². The van der Waals surface area contributed by atoms with Gasteiger partial charge in [-0.05, 0) is 25.0 Å². The molecule has 27 heavy (non-hydrogen) atoms. The van der Waals surface area contributed by atoms with E-state index in [0.29, 0.717) is 33.4 Å². The Hall–Kier alpha value is -2.06. The molecule has 1 fully saturated rings. The highest BCUT2D eigenvalue weighted by Crippen LogP contribution is 2.19. The summed E-state index contributed by atoms with van der Waals surface area (Å²) in [5.74, 6) is 0.653. The topological polar surface area (TPSA) is 88.9 Å². The van der Waals surface area contributed by atoms with Crippen molar-refractivity contribution in [1.82, 2.24) is 25.4 Å². The Balaban J connectivity index is 1.50. The Kier molecular flexibility index (Phi) is 6.73. The molecule has 7 nitrogen and oxygen atoms in total. The maximum Gasteiger partial charge on any atom is 0.253 e. The van der Waals surface area contributed by atoms with E-state index in [1.54, 1.807) is 28.8 Å². The predicted molar refractivity (Wildman–Crippen MR) is 105 cm³/mol. The van der Waals surface area contributed by atoms with E-state index in [2.05, 4.69) is 20.8 Å². The van der Waals surface area contributed by atoms with Gasteiger partial charge >= 0.3 is 0 Å². The number of thioether (sulfide) groups is 1. The number of aromatic nitrogens is 3. The van der Waals surface area contributed by atoms with Crippen LogP contribution in [0.3, 0.4) is 0 Å². The SMILES string of the molecule is Cn1c(CNC(=O)c2ccccc2Cl)nnc1SCC(=O)NC1CCCC1. The van der Waals surface area contributed by atoms with E-state index >= 15 is 0 Å². The summed E-state index contributed by atoms with van der Waals surface area (Å²) in [5, 5.41) is 15.1. The van der Waals surface area contributed by atoms with Crippen molar-refractivity contribution >= 4 is 35.2 Å². The number of nitrogens with one attached hydrogen (secondary N) is 2. The lowest BCUT2D eigenvalue weighted by atomic mass is 10.2. The Morgan fingerprint density at radius 2 is 2.00 bits per heavy atom. The summed E-state index contributed by atoms with van der Waals surface area (Å²) in [6.07, 6.45) is 4.50. The third kappa shape index (κ3) is 5.23. The van der Waals surface area contributed by atoms with Gasteiger partial charge in [-0.15, -0.1) is 10.2 Å². The van der Waals surface area contributed by atoms with Crippen LogP contribution in [0.1, 0.15) is 41.9 Å². The summed E-state index contributed by atoms with van der Waals surface area (Å²) in [6.45, 7) is 0.225. The quantitative estimate of drug-likeness (QED) is 0.688. The van der Waals surface area contributed by atoms with Gasteiger partial charge in [0.1, 0.15) is 0 Å². The van der Waals surface area contributed by atoms with Crippen LogP contribution in [0.2, 0.25) is 5.02 Å². The summed E-state index contributed by atoms with van der Waals surface area (Å²) in [7, 11) is 1.81. The minimum atomic E-state index is -0.270. The maximum absolute atomic E-state index is 12.2. The highest BCUT2D eigenvalue weighted by Gasteiger charge is 2.18. The van der Waals surface area contributed by atoms with E-state index in [9.17, 15) is 9.59 Å². The van der Waals surface area contributed by atoms with Crippen molar-refractivity contribution in [3.8, 4) is 0 Å². The number of amides is 2. The van der Waals surface area contributed by atoms with Crippen LogP contribution in [0.15, 0.2) is 29.4 Å². The standard InChI is InChI=1S/C18H22ClN5O2S/c1-24-15(10-20-17(26)13-8-4-5-9-14(13)19)22-23-18(24)27-11-16(25)21-12-6-2-3-7-12/h4-5,8-9,12H,2-3,6-7,10-11H2,1H3,(H,20,26)(H,21,25). The van der Waals surface area contributed by atoms with E-state index in [1.165, 1.54) is 24.6 Å². The van der Waals surface area contributed by atoms with Crippen LogP contribution in [-0.2, 0) is 18.4 Å². The minimum Gasteiger partial charge on any atom is -0.353 e. The molecule has 0 bridgehead atoms. The molecule has 1 aliphatic carbocycles. The van der Waals surface area contributed by atoms with Gasteiger partial charge in [0.15, 0.2) is 11.0 Å². The van der Waals surface area contributed by atoms with Crippen molar-refractivity contribution in [2.45, 2.75) is 43.4 Å². The number of hydrogen-bond acceptors (Lipinski definition) is 5. The van der Waals surface area contributed by atoms with Crippen LogP contribution < -0.4 is 10.6 Å². The molecule has 0 spiro atoms. The zero-order valence-corrected chi connectivity index (χ0v) is 16.6. The highest BCUT2D eigenvalue weighted by atomic mass is 35.5. The second-order valence-corrected chi connectivity index (χ2v) is 7.81. The van der Waals surface area contributed by atoms with Gasteiger partial charge in [0.25, 0.3) is 5.91 Å². The first kappa shape index (κ1) is 19.7. The summed E-state index contributed by atoms with van der Waals surface area (Å²) < 4.78 is 1.78. The molecular weight excluding hydrogens is 386 g/mol. The summed E-state index contributed by atoms with van der Waals surface area (Å²) in [4.78, 5) is 24.3. The van der Waals surface area contributed by atoms with Crippen molar-refractivity contribution in [3.63, 3.8) is 0 Å². The lowest BCUT2D eigenvalue weighted by molar-refractivity contribution is -0.119. The average Bonchev–Trinajstić information content (AvgIpc) is 3.28. The molecule has 1 heterocycles. The molecule has 2 N–H and O–H groups in total. The zero-order chi connectivity index (χ0) is 19.2. The van der Waals surface area contributed by atoms with Crippen molar-refractivity contribution < 1.29 is 9.59 Å². The van der Waals surface area contributed by atoms with Crippen molar-refractivity contribution in [1.29, 1.82) is 0 Å². The van der Waals surface area contributed by atoms with Crippen LogP contribution in [0.5, 0.6) is 0 Å². The largest absolute Gasteiger partial charge is 0.353 e. The Morgan fingerprint density at radius 3 is 2.74 bits per heavy atom. The minimum absolute atomic E-state index is 0.0171. The lowest BCUT2D eigenvalue weighted by Crippen LogP contribution is -2.33. The van der Waals surface area contributed by atoms with Gasteiger partial charge in [-0.1, -0.05) is 48.3 Å². The van der Waals surface area contributed by atoms with E-state index in [1.807, 2.05) is 7.05 Å². The molecule has 2 amide bonds. The second-order valence-electron chi connectivity index (χ2n) is 6.46. The smallest absolute Gasteiger partial charge is 0.253 e. The molecule has 1 aromatic carbocycles. The first-order valence-corrected chi connectivity index (χ1v) is 10.2. The van der Waals surface area contributed by atoms with Gasteiger partial charge in [-0.3, -0.25) is 9.59 Å². The lowest BCUT2D eigenvalue weighted by Gasteiger charge is -2.11. The number of halogens is 1. The van der Waals surface area contributed by atoms with E-state index < -0.39 is 0 Å². The van der Waals surface area contributed by atoms with Crippen LogP contribution in [0.4, 0.5) is 0 Å². The van der Waals surface area contributed by atoms with E-state index in [0.717, 1.165) is 12.8 Å². The number of nitrogens with zero attached hydrogens (tertiary/aromatic N) is 3. The molecule has 0 aliphatic heterocycles. The van der Waals surface area contributed by atoms with Gasteiger partial charge in [0.05, 0.1) is 22.9 Å². The van der Waals surface area contributed by atoms with Gasteiger partial charge in [0.2, 0.25) is 5.91 Å². The number of carbonyl (C=O) groups excluding carboxylic acids is 2. The van der Waals surface area contributed by atoms with Crippen molar-refractivity contribution in [3.05, 3.63) is 40.7 Å². The maximum atomic E-state index is 12.2. The average molecular weight is 408 g/mol. The first-order valence-electron chi connectivity index (χ1n) is 8.87. The molecule has 0 saturated heterocycles. The number of benzene rings is 1. The summed E-state index contributed by atoms with van der Waals surface area (Å²) >= 11 is 7.37. The molecule has 0 radical (unpaired) electrons. The fourth-order valence-electron chi connectivity index (χ4n) is 2.99. The van der Waals surface area contributed by atoms with E-state index in [4.69, 9.17) is 11.6 Å². The molecule has 1 aliphatic rings. The summed E-state index contributed by atoms with van der Waals surface area (Å²) in [5.41, 5.74) is 0.416.